The molecular formula is C16H26N2O2. The molecule has 2 atom stereocenters. The van der Waals surface area contributed by atoms with E-state index in [1.807, 2.05) is 18.2 Å². The summed E-state index contributed by atoms with van der Waals surface area (Å²) in [5, 5.41) is 0. The minimum atomic E-state index is 0.0404. The summed E-state index contributed by atoms with van der Waals surface area (Å²) in [4.78, 5) is 0. The van der Waals surface area contributed by atoms with Gasteiger partial charge in [0.05, 0.1) is 25.8 Å². The molecule has 0 amide bonds. The van der Waals surface area contributed by atoms with Gasteiger partial charge in [0, 0.05) is 0 Å². The van der Waals surface area contributed by atoms with Crippen LogP contribution in [0.4, 0.5) is 0 Å². The second-order valence-electron chi connectivity index (χ2n) is 6.21. The Kier molecular flexibility index (Phi) is 4.55. The first-order valence-electron chi connectivity index (χ1n) is 7.22. The Morgan fingerprint density at radius 3 is 2.25 bits per heavy atom. The Morgan fingerprint density at radius 2 is 1.85 bits per heavy atom. The molecule has 20 heavy (non-hydrogen) atoms. The van der Waals surface area contributed by atoms with E-state index in [0.717, 1.165) is 17.1 Å². The molecule has 2 unspecified atom stereocenters. The zero-order chi connectivity index (χ0) is 14.8. The highest BCUT2D eigenvalue weighted by Gasteiger charge is 2.41. The summed E-state index contributed by atoms with van der Waals surface area (Å²) in [5.41, 5.74) is 4.30. The Labute approximate surface area is 121 Å². The summed E-state index contributed by atoms with van der Waals surface area (Å²) in [5.74, 6) is 8.02. The molecule has 1 aromatic carbocycles. The van der Waals surface area contributed by atoms with Crippen molar-refractivity contribution in [1.82, 2.24) is 5.43 Å². The smallest absolute Gasteiger partial charge is 0.127 e. The Morgan fingerprint density at radius 1 is 1.25 bits per heavy atom. The first-order chi connectivity index (χ1) is 9.55. The van der Waals surface area contributed by atoms with Gasteiger partial charge in [-0.05, 0) is 36.3 Å². The van der Waals surface area contributed by atoms with Gasteiger partial charge in [-0.25, -0.2) is 0 Å². The van der Waals surface area contributed by atoms with Gasteiger partial charge in [0.15, 0.2) is 0 Å². The van der Waals surface area contributed by atoms with E-state index in [0.29, 0.717) is 5.92 Å². The van der Waals surface area contributed by atoms with Gasteiger partial charge in [0.2, 0.25) is 0 Å². The van der Waals surface area contributed by atoms with Crippen molar-refractivity contribution in [3.63, 3.8) is 0 Å². The molecule has 0 aromatic heterocycles. The zero-order valence-corrected chi connectivity index (χ0v) is 12.9. The number of hydrogen-bond acceptors (Lipinski definition) is 4. The van der Waals surface area contributed by atoms with Gasteiger partial charge in [-0.15, -0.1) is 0 Å². The van der Waals surface area contributed by atoms with Crippen molar-refractivity contribution in [2.24, 2.45) is 17.2 Å². The lowest BCUT2D eigenvalue weighted by Gasteiger charge is -2.35. The Hall–Kier alpha value is -1.26. The normalized spacial score (nSPS) is 22.6. The van der Waals surface area contributed by atoms with E-state index in [2.05, 4.69) is 19.3 Å². The topological polar surface area (TPSA) is 56.5 Å². The molecule has 1 aromatic rings. The Bertz CT molecular complexity index is 438. The van der Waals surface area contributed by atoms with Gasteiger partial charge in [-0.1, -0.05) is 26.3 Å². The van der Waals surface area contributed by atoms with Gasteiger partial charge >= 0.3 is 0 Å². The van der Waals surface area contributed by atoms with E-state index in [4.69, 9.17) is 15.3 Å². The fraction of sp³-hybridized carbons (Fsp3) is 0.625. The van der Waals surface area contributed by atoms with Crippen LogP contribution in [0.2, 0.25) is 0 Å². The molecule has 4 heteroatoms. The average molecular weight is 278 g/mol. The molecule has 112 valence electrons. The predicted octanol–water partition coefficient (Wildman–Crippen LogP) is 3.03. The maximum Gasteiger partial charge on any atom is 0.127 e. The number of nitrogens with two attached hydrogens (primary N) is 1. The van der Waals surface area contributed by atoms with E-state index < -0.39 is 0 Å². The van der Waals surface area contributed by atoms with Crippen LogP contribution in [0.1, 0.15) is 44.7 Å². The second kappa shape index (κ2) is 6.02. The number of ether oxygens (including phenoxy) is 2. The van der Waals surface area contributed by atoms with Crippen molar-refractivity contribution >= 4 is 0 Å². The second-order valence-corrected chi connectivity index (χ2v) is 6.21. The molecular weight excluding hydrogens is 252 g/mol. The number of methoxy groups -OCH3 is 2. The van der Waals surface area contributed by atoms with Gasteiger partial charge in [-0.2, -0.15) is 0 Å². The first kappa shape index (κ1) is 15.1. The monoisotopic (exact) mass is 278 g/mol. The van der Waals surface area contributed by atoms with Crippen molar-refractivity contribution in [2.45, 2.75) is 39.2 Å². The lowest BCUT2D eigenvalue weighted by Crippen LogP contribution is -2.38. The third-order valence-electron chi connectivity index (χ3n) is 4.70. The SMILES string of the molecule is COc1cccc(OC)c1C(NN)C1CCCC1(C)C. The predicted molar refractivity (Wildman–Crippen MR) is 80.7 cm³/mol. The minimum absolute atomic E-state index is 0.0404. The maximum absolute atomic E-state index is 5.89. The lowest BCUT2D eigenvalue weighted by atomic mass is 9.75. The van der Waals surface area contributed by atoms with E-state index >= 15 is 0 Å². The van der Waals surface area contributed by atoms with Crippen LogP contribution in [-0.4, -0.2) is 14.2 Å². The van der Waals surface area contributed by atoms with E-state index in [1.54, 1.807) is 14.2 Å². The van der Waals surface area contributed by atoms with E-state index in [9.17, 15) is 0 Å². The largest absolute Gasteiger partial charge is 0.496 e. The van der Waals surface area contributed by atoms with Crippen molar-refractivity contribution in [3.8, 4) is 11.5 Å². The maximum atomic E-state index is 5.89. The summed E-state index contributed by atoms with van der Waals surface area (Å²) in [6.07, 6.45) is 3.64. The summed E-state index contributed by atoms with van der Waals surface area (Å²) in [7, 11) is 3.37. The fourth-order valence-corrected chi connectivity index (χ4v) is 3.56. The third-order valence-corrected chi connectivity index (χ3v) is 4.70. The number of rotatable bonds is 5. The molecule has 0 spiro atoms. The number of hydrazine groups is 1. The molecule has 1 aliphatic rings. The van der Waals surface area contributed by atoms with Crippen LogP contribution in [0.3, 0.4) is 0 Å². The van der Waals surface area contributed by atoms with Crippen LogP contribution < -0.4 is 20.7 Å². The van der Waals surface area contributed by atoms with Crippen molar-refractivity contribution in [3.05, 3.63) is 23.8 Å². The van der Waals surface area contributed by atoms with E-state index in [1.165, 1.54) is 19.3 Å². The van der Waals surface area contributed by atoms with Crippen LogP contribution in [-0.2, 0) is 0 Å². The third kappa shape index (κ3) is 2.63. The van der Waals surface area contributed by atoms with Crippen molar-refractivity contribution < 1.29 is 9.47 Å². The van der Waals surface area contributed by atoms with Crippen molar-refractivity contribution in [2.75, 3.05) is 14.2 Å². The summed E-state index contributed by atoms with van der Waals surface area (Å²) < 4.78 is 11.0. The molecule has 3 N–H and O–H groups in total. The zero-order valence-electron chi connectivity index (χ0n) is 12.9. The number of hydrogen-bond donors (Lipinski definition) is 2. The number of nitrogens with one attached hydrogen (secondary N) is 1. The minimum Gasteiger partial charge on any atom is -0.496 e. The van der Waals surface area contributed by atoms with Gasteiger partial charge in [0.1, 0.15) is 11.5 Å². The standard InChI is InChI=1S/C16H26N2O2/c1-16(2)10-6-7-11(16)15(18-17)14-12(19-3)8-5-9-13(14)20-4/h5,8-9,11,15,18H,6-7,10,17H2,1-4H3. The summed E-state index contributed by atoms with van der Waals surface area (Å²) >= 11 is 0. The molecule has 0 saturated heterocycles. The number of benzene rings is 1. The Balaban J connectivity index is 2.46. The van der Waals surface area contributed by atoms with Gasteiger partial charge in [-0.3, -0.25) is 11.3 Å². The highest BCUT2D eigenvalue weighted by Crippen LogP contribution is 2.51. The highest BCUT2D eigenvalue weighted by molar-refractivity contribution is 5.47. The van der Waals surface area contributed by atoms with Gasteiger partial charge < -0.3 is 9.47 Å². The molecule has 0 aliphatic heterocycles. The average Bonchev–Trinajstić information content (AvgIpc) is 2.79. The molecule has 1 saturated carbocycles. The highest BCUT2D eigenvalue weighted by atomic mass is 16.5. The molecule has 0 radical (unpaired) electrons. The molecule has 0 bridgehead atoms. The summed E-state index contributed by atoms with van der Waals surface area (Å²) in [6.45, 7) is 4.63. The van der Waals surface area contributed by atoms with E-state index in [-0.39, 0.29) is 11.5 Å². The van der Waals surface area contributed by atoms with Crippen molar-refractivity contribution in [1.29, 1.82) is 0 Å². The van der Waals surface area contributed by atoms with Gasteiger partial charge in [0.25, 0.3) is 0 Å². The van der Waals surface area contributed by atoms with Crippen LogP contribution in [0.25, 0.3) is 0 Å². The molecule has 4 nitrogen and oxygen atoms in total. The van der Waals surface area contributed by atoms with Crippen LogP contribution in [0.15, 0.2) is 18.2 Å². The summed E-state index contributed by atoms with van der Waals surface area (Å²) in [6, 6.07) is 5.90. The lowest BCUT2D eigenvalue weighted by molar-refractivity contribution is 0.192. The molecule has 1 aliphatic carbocycles. The first-order valence-corrected chi connectivity index (χ1v) is 7.22. The molecule has 2 rings (SSSR count). The fourth-order valence-electron chi connectivity index (χ4n) is 3.56. The van der Waals surface area contributed by atoms with Crippen LogP contribution >= 0.6 is 0 Å². The quantitative estimate of drug-likeness (QED) is 0.642. The molecule has 0 heterocycles. The van der Waals surface area contributed by atoms with Crippen LogP contribution in [0.5, 0.6) is 11.5 Å². The molecule has 1 fully saturated rings. The van der Waals surface area contributed by atoms with Crippen LogP contribution in [0, 0.1) is 11.3 Å².